The van der Waals surface area contributed by atoms with Gasteiger partial charge in [0.1, 0.15) is 12.4 Å². The Morgan fingerprint density at radius 3 is 2.67 bits per heavy atom. The van der Waals surface area contributed by atoms with E-state index in [0.717, 1.165) is 15.4 Å². The van der Waals surface area contributed by atoms with Crippen LogP contribution in [0, 0.1) is 12.7 Å². The number of fused-ring (bicyclic) bond motifs is 3. The van der Waals surface area contributed by atoms with Crippen molar-refractivity contribution in [1.29, 1.82) is 0 Å². The summed E-state index contributed by atoms with van der Waals surface area (Å²) in [5, 5.41) is 3.13. The second-order valence-corrected chi connectivity index (χ2v) is 11.0. The molecule has 9 heteroatoms. The zero-order valence-electron chi connectivity index (χ0n) is 17.8. The van der Waals surface area contributed by atoms with E-state index < -0.39 is 15.9 Å². The number of carbonyl (C=O) groups is 1. The van der Waals surface area contributed by atoms with Crippen molar-refractivity contribution >= 4 is 45.0 Å². The molecule has 1 aliphatic heterocycles. The number of hydrogen-bond acceptors (Lipinski definition) is 4. The first-order valence-electron chi connectivity index (χ1n) is 10.3. The van der Waals surface area contributed by atoms with Crippen LogP contribution in [0.5, 0.6) is 0 Å². The predicted molar refractivity (Wildman–Crippen MR) is 132 cm³/mol. The van der Waals surface area contributed by atoms with Crippen LogP contribution in [0.4, 0.5) is 10.1 Å². The van der Waals surface area contributed by atoms with Gasteiger partial charge in [-0.25, -0.2) is 12.8 Å². The van der Waals surface area contributed by atoms with Crippen LogP contribution in [0.1, 0.15) is 11.1 Å². The van der Waals surface area contributed by atoms with E-state index in [0.29, 0.717) is 39.9 Å². The zero-order valence-corrected chi connectivity index (χ0v) is 20.2. The molecule has 0 unspecified atom stereocenters. The molecule has 0 saturated heterocycles. The average molecular weight is 505 g/mol. The number of nitrogens with one attached hydrogen (secondary N) is 1. The minimum atomic E-state index is -3.87. The molecule has 0 fully saturated rings. The Labute approximate surface area is 202 Å². The fourth-order valence-electron chi connectivity index (χ4n) is 3.71. The van der Waals surface area contributed by atoms with E-state index in [-0.39, 0.29) is 17.3 Å². The maximum atomic E-state index is 13.8. The highest BCUT2D eigenvalue weighted by Crippen LogP contribution is 2.43. The summed E-state index contributed by atoms with van der Waals surface area (Å²) in [4.78, 5) is 12.8. The molecule has 0 aromatic heterocycles. The van der Waals surface area contributed by atoms with E-state index in [1.54, 1.807) is 42.5 Å². The summed E-state index contributed by atoms with van der Waals surface area (Å²) >= 11 is 7.46. The van der Waals surface area contributed by atoms with Gasteiger partial charge < -0.3 is 5.32 Å². The Kier molecular flexibility index (Phi) is 6.97. The number of rotatable bonds is 7. The van der Waals surface area contributed by atoms with Crippen molar-refractivity contribution in [3.8, 4) is 11.1 Å². The molecule has 0 spiro atoms. The van der Waals surface area contributed by atoms with Gasteiger partial charge in [0.25, 0.3) is 10.0 Å². The summed E-state index contributed by atoms with van der Waals surface area (Å²) < 4.78 is 41.6. The third kappa shape index (κ3) is 4.88. The summed E-state index contributed by atoms with van der Waals surface area (Å²) in [7, 11) is -3.87. The van der Waals surface area contributed by atoms with Gasteiger partial charge in [-0.1, -0.05) is 47.5 Å². The van der Waals surface area contributed by atoms with Gasteiger partial charge in [-0.3, -0.25) is 9.10 Å². The lowest BCUT2D eigenvalue weighted by Crippen LogP contribution is -2.43. The first-order valence-corrected chi connectivity index (χ1v) is 13.3. The summed E-state index contributed by atoms with van der Waals surface area (Å²) in [6.07, 6.45) is 0. The highest BCUT2D eigenvalue weighted by atomic mass is 35.5. The highest BCUT2D eigenvalue weighted by Gasteiger charge is 2.35. The van der Waals surface area contributed by atoms with Crippen LogP contribution >= 0.6 is 23.4 Å². The Morgan fingerprint density at radius 1 is 1.09 bits per heavy atom. The van der Waals surface area contributed by atoms with Crippen molar-refractivity contribution in [2.75, 3.05) is 23.1 Å². The van der Waals surface area contributed by atoms with Crippen molar-refractivity contribution in [2.45, 2.75) is 17.6 Å². The molecule has 0 saturated carbocycles. The fourth-order valence-corrected chi connectivity index (χ4v) is 6.56. The molecule has 5 nitrogen and oxygen atoms in total. The van der Waals surface area contributed by atoms with Crippen molar-refractivity contribution in [3.63, 3.8) is 0 Å². The summed E-state index contributed by atoms with van der Waals surface area (Å²) in [6.45, 7) is 1.94. The van der Waals surface area contributed by atoms with Crippen molar-refractivity contribution in [2.24, 2.45) is 0 Å². The molecule has 1 aliphatic rings. The number of thioether (sulfide) groups is 1. The van der Waals surface area contributed by atoms with E-state index in [2.05, 4.69) is 5.32 Å². The quantitative estimate of drug-likeness (QED) is 0.459. The lowest BCUT2D eigenvalue weighted by atomic mass is 10.0. The minimum absolute atomic E-state index is 0.188. The molecule has 4 rings (SSSR count). The monoisotopic (exact) mass is 504 g/mol. The summed E-state index contributed by atoms with van der Waals surface area (Å²) in [5.41, 5.74) is 3.33. The van der Waals surface area contributed by atoms with E-state index in [4.69, 9.17) is 11.6 Å². The molecular formula is C24H22ClFN2O3S2. The summed E-state index contributed by atoms with van der Waals surface area (Å²) in [6, 6.07) is 16.9. The van der Waals surface area contributed by atoms with Crippen LogP contribution in [-0.4, -0.2) is 33.2 Å². The van der Waals surface area contributed by atoms with E-state index in [1.165, 1.54) is 17.8 Å². The standard InChI is InChI=1S/C24H22ClFN2O3S2/c1-16-9-10-22-18(13-16)17-5-2-3-8-23(17)33(30,31)28(22)14-24(29)27-11-12-32-15-19-20(25)6-4-7-21(19)26/h2-10,13H,11-12,14-15H2,1H3,(H,27,29). The zero-order chi connectivity index (χ0) is 23.6. The Hall–Kier alpha value is -2.55. The van der Waals surface area contributed by atoms with E-state index >= 15 is 0 Å². The third-order valence-electron chi connectivity index (χ3n) is 5.33. The molecule has 1 heterocycles. The topological polar surface area (TPSA) is 66.5 Å². The maximum absolute atomic E-state index is 13.8. The number of sulfonamides is 1. The van der Waals surface area contributed by atoms with Crippen LogP contribution in [0.3, 0.4) is 0 Å². The van der Waals surface area contributed by atoms with Gasteiger partial charge in [0, 0.05) is 39.8 Å². The molecule has 1 amide bonds. The number of nitrogens with zero attached hydrogens (tertiary/aromatic N) is 1. The van der Waals surface area contributed by atoms with Gasteiger partial charge in [-0.05, 0) is 37.3 Å². The molecule has 33 heavy (non-hydrogen) atoms. The van der Waals surface area contributed by atoms with Crippen LogP contribution in [-0.2, 0) is 20.6 Å². The first-order chi connectivity index (χ1) is 15.8. The number of carbonyl (C=O) groups excluding carboxylic acids is 1. The first kappa shape index (κ1) is 23.6. The highest BCUT2D eigenvalue weighted by molar-refractivity contribution is 7.98. The normalized spacial score (nSPS) is 13.8. The molecule has 3 aromatic rings. The second-order valence-electron chi connectivity index (χ2n) is 7.63. The molecule has 0 aliphatic carbocycles. The molecule has 0 bridgehead atoms. The predicted octanol–water partition coefficient (Wildman–Crippen LogP) is 5.01. The van der Waals surface area contributed by atoms with Crippen LogP contribution in [0.2, 0.25) is 5.02 Å². The Balaban J connectivity index is 1.42. The molecular weight excluding hydrogens is 483 g/mol. The maximum Gasteiger partial charge on any atom is 0.265 e. The number of amides is 1. The number of anilines is 1. The number of benzene rings is 3. The lowest BCUT2D eigenvalue weighted by Gasteiger charge is -2.31. The molecule has 3 aromatic carbocycles. The van der Waals surface area contributed by atoms with Gasteiger partial charge in [-0.15, -0.1) is 0 Å². The molecule has 172 valence electrons. The SMILES string of the molecule is Cc1ccc2c(c1)-c1ccccc1S(=O)(=O)N2CC(=O)NCCSCc1c(F)cccc1Cl. The van der Waals surface area contributed by atoms with Gasteiger partial charge in [0.05, 0.1) is 10.6 Å². The van der Waals surface area contributed by atoms with Gasteiger partial charge in [-0.2, -0.15) is 11.8 Å². The second kappa shape index (κ2) is 9.75. The van der Waals surface area contributed by atoms with Crippen LogP contribution in [0.15, 0.2) is 65.6 Å². The van der Waals surface area contributed by atoms with Gasteiger partial charge in [0.15, 0.2) is 0 Å². The molecule has 0 radical (unpaired) electrons. The van der Waals surface area contributed by atoms with Crippen molar-refractivity contribution < 1.29 is 17.6 Å². The van der Waals surface area contributed by atoms with E-state index in [1.807, 2.05) is 19.1 Å². The fraction of sp³-hybridized carbons (Fsp3) is 0.208. The van der Waals surface area contributed by atoms with Gasteiger partial charge >= 0.3 is 0 Å². The van der Waals surface area contributed by atoms with Crippen molar-refractivity contribution in [3.05, 3.63) is 82.6 Å². The number of halogens is 2. The largest absolute Gasteiger partial charge is 0.354 e. The smallest absolute Gasteiger partial charge is 0.265 e. The van der Waals surface area contributed by atoms with Crippen LogP contribution in [0.25, 0.3) is 11.1 Å². The van der Waals surface area contributed by atoms with Gasteiger partial charge in [0.2, 0.25) is 5.91 Å². The summed E-state index contributed by atoms with van der Waals surface area (Å²) in [5.74, 6) is 0.144. The Morgan fingerprint density at radius 2 is 1.88 bits per heavy atom. The third-order valence-corrected chi connectivity index (χ3v) is 8.49. The van der Waals surface area contributed by atoms with Crippen LogP contribution < -0.4 is 9.62 Å². The Bertz CT molecular complexity index is 1290. The minimum Gasteiger partial charge on any atom is -0.354 e. The van der Waals surface area contributed by atoms with E-state index in [9.17, 15) is 17.6 Å². The average Bonchev–Trinajstić information content (AvgIpc) is 2.78. The number of aryl methyl sites for hydroxylation is 1. The number of hydrogen-bond donors (Lipinski definition) is 1. The molecule has 1 N–H and O–H groups in total. The molecule has 0 atom stereocenters. The lowest BCUT2D eigenvalue weighted by molar-refractivity contribution is -0.119. The van der Waals surface area contributed by atoms with Crippen molar-refractivity contribution in [1.82, 2.24) is 5.32 Å².